The molecule has 126 valence electrons. The van der Waals surface area contributed by atoms with E-state index < -0.39 is 30.3 Å². The molecule has 1 saturated heterocycles. The van der Waals surface area contributed by atoms with Crippen molar-refractivity contribution >= 4 is 29.4 Å². The fourth-order valence-corrected chi connectivity index (χ4v) is 2.28. The molecule has 1 heterocycles. The maximum Gasteiger partial charge on any atom is 0.335 e. The highest BCUT2D eigenvalue weighted by atomic mass is 16.2. The number of hydrogen-bond acceptors (Lipinski definition) is 4. The molecule has 1 fully saturated rings. The number of nitrogens with zero attached hydrogens (tertiary/aromatic N) is 2. The first-order valence-corrected chi connectivity index (χ1v) is 7.53. The summed E-state index contributed by atoms with van der Waals surface area (Å²) in [5.41, 5.74) is 1.68. The van der Waals surface area contributed by atoms with Crippen LogP contribution in [0, 0.1) is 0 Å². The van der Waals surface area contributed by atoms with Gasteiger partial charge < -0.3 is 5.32 Å². The lowest BCUT2D eigenvalue weighted by molar-refractivity contribution is -0.143. The Morgan fingerprint density at radius 1 is 1.12 bits per heavy atom. The van der Waals surface area contributed by atoms with Crippen molar-refractivity contribution in [3.8, 4) is 0 Å². The number of amides is 5. The van der Waals surface area contributed by atoms with Crippen LogP contribution < -0.4 is 5.32 Å². The average Bonchev–Trinajstić information content (AvgIpc) is 2.73. The molecule has 0 saturated carbocycles. The number of urea groups is 1. The van der Waals surface area contributed by atoms with Gasteiger partial charge in [0.25, 0.3) is 0 Å². The Morgan fingerprint density at radius 2 is 1.71 bits per heavy atom. The van der Waals surface area contributed by atoms with Gasteiger partial charge in [0, 0.05) is 12.2 Å². The first-order chi connectivity index (χ1) is 11.3. The number of benzene rings is 1. The molecule has 0 aromatic heterocycles. The minimum absolute atomic E-state index is 0.0712. The number of imide groups is 2. The van der Waals surface area contributed by atoms with Crippen LogP contribution in [0.25, 0.3) is 0 Å². The summed E-state index contributed by atoms with van der Waals surface area (Å²) in [6.07, 6.45) is 1.34. The highest BCUT2D eigenvalue weighted by molar-refractivity contribution is 6.45. The third-order valence-corrected chi connectivity index (χ3v) is 3.61. The van der Waals surface area contributed by atoms with Crippen LogP contribution in [0.4, 0.5) is 10.5 Å². The molecular formula is C17H19N3O4. The van der Waals surface area contributed by atoms with Crippen molar-refractivity contribution in [1.29, 1.82) is 0 Å². The van der Waals surface area contributed by atoms with E-state index in [0.717, 1.165) is 10.5 Å². The molecule has 0 aliphatic carbocycles. The van der Waals surface area contributed by atoms with Crippen LogP contribution in [0.1, 0.15) is 25.3 Å². The zero-order valence-corrected chi connectivity index (χ0v) is 13.6. The van der Waals surface area contributed by atoms with Crippen molar-refractivity contribution < 1.29 is 19.2 Å². The molecule has 7 nitrogen and oxygen atoms in total. The normalized spacial score (nSPS) is 14.5. The number of anilines is 1. The van der Waals surface area contributed by atoms with Crippen molar-refractivity contribution in [1.82, 2.24) is 9.80 Å². The maximum absolute atomic E-state index is 12.0. The highest BCUT2D eigenvalue weighted by Crippen LogP contribution is 2.17. The molecule has 5 amide bonds. The summed E-state index contributed by atoms with van der Waals surface area (Å²) in [5.74, 6) is -2.14. The Labute approximate surface area is 139 Å². The average molecular weight is 329 g/mol. The van der Waals surface area contributed by atoms with Crippen LogP contribution >= 0.6 is 0 Å². The molecule has 1 aromatic carbocycles. The quantitative estimate of drug-likeness (QED) is 0.489. The van der Waals surface area contributed by atoms with Gasteiger partial charge in [-0.3, -0.25) is 19.3 Å². The number of hydrogen-bond donors (Lipinski definition) is 1. The third kappa shape index (κ3) is 3.51. The summed E-state index contributed by atoms with van der Waals surface area (Å²) < 4.78 is 0. The summed E-state index contributed by atoms with van der Waals surface area (Å²) in [6, 6.07) is 6.46. The molecule has 0 atom stereocenters. The van der Waals surface area contributed by atoms with E-state index in [1.807, 2.05) is 12.1 Å². The van der Waals surface area contributed by atoms with Gasteiger partial charge in [0.15, 0.2) is 0 Å². The van der Waals surface area contributed by atoms with Gasteiger partial charge in [-0.25, -0.2) is 9.69 Å². The third-order valence-electron chi connectivity index (χ3n) is 3.61. The van der Waals surface area contributed by atoms with Crippen molar-refractivity contribution in [2.75, 3.05) is 18.4 Å². The van der Waals surface area contributed by atoms with E-state index in [0.29, 0.717) is 16.5 Å². The van der Waals surface area contributed by atoms with Crippen molar-refractivity contribution in [2.45, 2.75) is 19.8 Å². The summed E-state index contributed by atoms with van der Waals surface area (Å²) in [5, 5.41) is 2.60. The van der Waals surface area contributed by atoms with Crippen molar-refractivity contribution in [3.63, 3.8) is 0 Å². The first kappa shape index (κ1) is 17.4. The lowest BCUT2D eigenvalue weighted by atomic mass is 10.0. The van der Waals surface area contributed by atoms with Crippen LogP contribution in [0.5, 0.6) is 0 Å². The summed E-state index contributed by atoms with van der Waals surface area (Å²) >= 11 is 0. The second-order valence-corrected chi connectivity index (χ2v) is 5.70. The number of rotatable bonds is 6. The lowest BCUT2D eigenvalue weighted by Gasteiger charge is -2.14. The fourth-order valence-electron chi connectivity index (χ4n) is 2.28. The van der Waals surface area contributed by atoms with Gasteiger partial charge in [0.05, 0.1) is 0 Å². The second kappa shape index (κ2) is 7.08. The van der Waals surface area contributed by atoms with Gasteiger partial charge in [0.1, 0.15) is 6.54 Å². The second-order valence-electron chi connectivity index (χ2n) is 5.70. The van der Waals surface area contributed by atoms with E-state index in [9.17, 15) is 19.2 Å². The van der Waals surface area contributed by atoms with E-state index in [4.69, 9.17) is 0 Å². The topological polar surface area (TPSA) is 86.8 Å². The molecule has 1 aliphatic rings. The van der Waals surface area contributed by atoms with Gasteiger partial charge >= 0.3 is 17.8 Å². The minimum Gasteiger partial charge on any atom is -0.325 e. The standard InChI is InChI=1S/C17H19N3O4/c1-4-9-19-15(22)16(23)20(17(19)24)10-14(21)18-13-7-5-12(6-8-13)11(2)3/h4-8,11H,1,9-10H2,2-3H3,(H,18,21). The van der Waals surface area contributed by atoms with Crippen molar-refractivity contribution in [2.24, 2.45) is 0 Å². The molecule has 0 bridgehead atoms. The van der Waals surface area contributed by atoms with Gasteiger partial charge in [-0.15, -0.1) is 6.58 Å². The Kier molecular flexibility index (Phi) is 5.13. The smallest absolute Gasteiger partial charge is 0.325 e. The van der Waals surface area contributed by atoms with E-state index in [1.54, 1.807) is 12.1 Å². The fraction of sp³-hybridized carbons (Fsp3) is 0.294. The maximum atomic E-state index is 12.0. The zero-order valence-electron chi connectivity index (χ0n) is 13.6. The first-order valence-electron chi connectivity index (χ1n) is 7.53. The number of carbonyl (C=O) groups excluding carboxylic acids is 4. The Morgan fingerprint density at radius 3 is 2.25 bits per heavy atom. The van der Waals surface area contributed by atoms with Gasteiger partial charge in [0.2, 0.25) is 5.91 Å². The van der Waals surface area contributed by atoms with Crippen molar-refractivity contribution in [3.05, 3.63) is 42.5 Å². The molecule has 0 radical (unpaired) electrons. The van der Waals surface area contributed by atoms with E-state index in [1.165, 1.54) is 6.08 Å². The molecule has 7 heteroatoms. The zero-order chi connectivity index (χ0) is 17.9. The van der Waals surface area contributed by atoms with Gasteiger partial charge in [-0.1, -0.05) is 32.1 Å². The van der Waals surface area contributed by atoms with E-state index in [-0.39, 0.29) is 6.54 Å². The predicted molar refractivity (Wildman–Crippen MR) is 88.2 cm³/mol. The number of nitrogens with one attached hydrogen (secondary N) is 1. The monoisotopic (exact) mass is 329 g/mol. The van der Waals surface area contributed by atoms with E-state index >= 15 is 0 Å². The molecule has 24 heavy (non-hydrogen) atoms. The molecule has 2 rings (SSSR count). The summed E-state index contributed by atoms with van der Waals surface area (Å²) in [7, 11) is 0. The Hall–Kier alpha value is -2.96. The minimum atomic E-state index is -1.01. The highest BCUT2D eigenvalue weighted by Gasteiger charge is 2.44. The van der Waals surface area contributed by atoms with E-state index in [2.05, 4.69) is 25.7 Å². The van der Waals surface area contributed by atoms with Crippen LogP contribution in [0.3, 0.4) is 0 Å². The lowest BCUT2D eigenvalue weighted by Crippen LogP contribution is -2.39. The van der Waals surface area contributed by atoms with Crippen LogP contribution in [0.15, 0.2) is 36.9 Å². The summed E-state index contributed by atoms with van der Waals surface area (Å²) in [6.45, 7) is 6.96. The Balaban J connectivity index is 2.01. The summed E-state index contributed by atoms with van der Waals surface area (Å²) in [4.78, 5) is 48.9. The SMILES string of the molecule is C=CCN1C(=O)C(=O)N(CC(=O)Nc2ccc(C(C)C)cc2)C1=O. The molecular weight excluding hydrogens is 310 g/mol. The predicted octanol–water partition coefficient (Wildman–Crippen LogP) is 1.73. The largest absolute Gasteiger partial charge is 0.335 e. The molecule has 1 aliphatic heterocycles. The molecule has 0 unspecified atom stereocenters. The van der Waals surface area contributed by atoms with Crippen LogP contribution in [-0.4, -0.2) is 46.6 Å². The van der Waals surface area contributed by atoms with Crippen LogP contribution in [-0.2, 0) is 14.4 Å². The number of carbonyl (C=O) groups is 4. The molecule has 1 N–H and O–H groups in total. The molecule has 0 spiro atoms. The molecule has 1 aromatic rings. The van der Waals surface area contributed by atoms with Crippen LogP contribution in [0.2, 0.25) is 0 Å². The Bertz CT molecular complexity index is 694. The van der Waals surface area contributed by atoms with Gasteiger partial charge in [-0.05, 0) is 23.6 Å². The van der Waals surface area contributed by atoms with Gasteiger partial charge in [-0.2, -0.15) is 0 Å².